The zero-order valence-electron chi connectivity index (χ0n) is 38.9. The number of carbonyl (C=O) groups is 1. The van der Waals surface area contributed by atoms with Gasteiger partial charge in [-0.15, -0.1) is 0 Å². The Morgan fingerprint density at radius 2 is 1.48 bits per heavy atom. The number of benzene rings is 2. The van der Waals surface area contributed by atoms with Crippen LogP contribution in [0.15, 0.2) is 61.1 Å². The van der Waals surface area contributed by atoms with Gasteiger partial charge in [-0.1, -0.05) is 12.1 Å². The second-order valence-corrected chi connectivity index (χ2v) is 17.3. The van der Waals surface area contributed by atoms with E-state index in [1.807, 2.05) is 50.2 Å². The fraction of sp³-hybridized carbons (Fsp3) is 0.479. The highest BCUT2D eigenvalue weighted by Crippen LogP contribution is 2.37. The van der Waals surface area contributed by atoms with Gasteiger partial charge in [0.25, 0.3) is 0 Å². The highest BCUT2D eigenvalue weighted by atomic mass is 16.5. The molecule has 0 spiro atoms. The first kappa shape index (κ1) is 47.4. The van der Waals surface area contributed by atoms with Crippen LogP contribution in [0, 0.1) is 13.8 Å². The standard InChI is InChI=1S/C48H62N12O7/c1-29-42(40-24-51-13-14-52-40)55-46(56-43(29)53-33-11-16-64-25-33)32-18-35(21-39(20-32)67-28-37(62)23-50-4)59(5)48(63)41-10-7-15-60(41)47-30(2)44(54-34-12-17-65-26-34)57-45(58-47)31-8-6-9-38(19-31)66-27-36(61)22-49-3/h6,8-9,13-14,18-21,24,33-34,36-37,41,49-50,61-62H,7,10-12,15-17,22-23,25-28H2,1-5H3,(H,53,55,56)(H,54,57,58)/t33-,34-,36?,37?,41-/m1/s1. The lowest BCUT2D eigenvalue weighted by molar-refractivity contribution is -0.119. The number of nitrogens with zero attached hydrogens (tertiary/aromatic N) is 8. The van der Waals surface area contributed by atoms with Gasteiger partial charge in [0.05, 0.1) is 37.2 Å². The van der Waals surface area contributed by atoms with Crippen molar-refractivity contribution in [2.45, 2.75) is 69.9 Å². The summed E-state index contributed by atoms with van der Waals surface area (Å²) in [6.07, 6.45) is 6.50. The van der Waals surface area contributed by atoms with E-state index in [0.717, 1.165) is 36.0 Å². The van der Waals surface area contributed by atoms with E-state index in [-0.39, 0.29) is 31.2 Å². The van der Waals surface area contributed by atoms with Gasteiger partial charge < -0.3 is 60.2 Å². The van der Waals surface area contributed by atoms with Gasteiger partial charge in [0.1, 0.15) is 66.1 Å². The predicted octanol–water partition coefficient (Wildman–Crippen LogP) is 3.63. The summed E-state index contributed by atoms with van der Waals surface area (Å²) >= 11 is 0. The lowest BCUT2D eigenvalue weighted by Gasteiger charge is -2.31. The first-order chi connectivity index (χ1) is 32.6. The maximum Gasteiger partial charge on any atom is 0.249 e. The first-order valence-electron chi connectivity index (χ1n) is 23.0. The molecule has 3 fully saturated rings. The van der Waals surface area contributed by atoms with Crippen molar-refractivity contribution in [2.24, 2.45) is 0 Å². The van der Waals surface area contributed by atoms with Gasteiger partial charge >= 0.3 is 0 Å². The molecule has 19 nitrogen and oxygen atoms in total. The normalized spacial score (nSPS) is 19.0. The van der Waals surface area contributed by atoms with Gasteiger partial charge in [0.15, 0.2) is 11.6 Å². The molecule has 0 aliphatic carbocycles. The van der Waals surface area contributed by atoms with Crippen LogP contribution < -0.4 is 40.5 Å². The third-order valence-corrected chi connectivity index (χ3v) is 12.1. The summed E-state index contributed by atoms with van der Waals surface area (Å²) in [5, 5.41) is 34.1. The minimum atomic E-state index is -0.778. The average Bonchev–Trinajstić information content (AvgIpc) is 4.17. The van der Waals surface area contributed by atoms with Crippen LogP contribution in [0.25, 0.3) is 34.2 Å². The molecule has 19 heteroatoms. The summed E-state index contributed by atoms with van der Waals surface area (Å²) in [6.45, 7) is 7.84. The van der Waals surface area contributed by atoms with E-state index in [1.54, 1.807) is 50.7 Å². The molecule has 0 bridgehead atoms. The molecule has 2 aromatic carbocycles. The minimum Gasteiger partial charge on any atom is -0.491 e. The number of rotatable bonds is 20. The number of aliphatic hydroxyl groups is 2. The molecule has 5 aromatic rings. The number of carbonyl (C=O) groups excluding carboxylic acids is 1. The average molecular weight is 919 g/mol. The Morgan fingerprint density at radius 3 is 2.12 bits per heavy atom. The molecule has 3 aliphatic heterocycles. The molecular formula is C48H62N12O7. The number of hydrogen-bond acceptors (Lipinski definition) is 18. The van der Waals surface area contributed by atoms with Crippen LogP contribution >= 0.6 is 0 Å². The quantitative estimate of drug-likeness (QED) is 0.0656. The number of likely N-dealkylation sites (N-methyl/N-ethyl adjacent to an activating group) is 3. The lowest BCUT2D eigenvalue weighted by atomic mass is 10.1. The molecule has 356 valence electrons. The van der Waals surface area contributed by atoms with Gasteiger partial charge in [0, 0.05) is 86.3 Å². The number of aliphatic hydroxyl groups excluding tert-OH is 2. The topological polar surface area (TPSA) is 226 Å². The third kappa shape index (κ3) is 11.5. The Hall–Kier alpha value is -6.09. The number of anilines is 4. The van der Waals surface area contributed by atoms with Crippen molar-refractivity contribution >= 4 is 29.0 Å². The van der Waals surface area contributed by atoms with E-state index in [4.69, 9.17) is 38.9 Å². The second-order valence-electron chi connectivity index (χ2n) is 17.3. The van der Waals surface area contributed by atoms with Gasteiger partial charge in [-0.25, -0.2) is 19.9 Å². The number of hydrogen-bond donors (Lipinski definition) is 6. The maximum absolute atomic E-state index is 15.0. The fourth-order valence-corrected chi connectivity index (χ4v) is 8.51. The molecule has 5 atom stereocenters. The van der Waals surface area contributed by atoms with E-state index in [0.29, 0.717) is 116 Å². The molecular weight excluding hydrogens is 857 g/mol. The van der Waals surface area contributed by atoms with Gasteiger partial charge in [0.2, 0.25) is 5.91 Å². The van der Waals surface area contributed by atoms with Gasteiger partial charge in [-0.05, 0) is 77.9 Å². The third-order valence-electron chi connectivity index (χ3n) is 12.1. The van der Waals surface area contributed by atoms with Crippen molar-refractivity contribution in [3.63, 3.8) is 0 Å². The van der Waals surface area contributed by atoms with E-state index in [2.05, 4.69) is 36.1 Å². The molecule has 1 amide bonds. The molecule has 0 saturated carbocycles. The van der Waals surface area contributed by atoms with E-state index in [1.165, 1.54) is 0 Å². The van der Waals surface area contributed by atoms with Crippen molar-refractivity contribution in [1.82, 2.24) is 40.5 Å². The van der Waals surface area contributed by atoms with Crippen LogP contribution in [-0.4, -0.2) is 157 Å². The zero-order chi connectivity index (χ0) is 46.9. The van der Waals surface area contributed by atoms with E-state index >= 15 is 4.79 Å². The minimum absolute atomic E-state index is 0.0118. The molecule has 3 saturated heterocycles. The summed E-state index contributed by atoms with van der Waals surface area (Å²) in [6, 6.07) is 12.6. The van der Waals surface area contributed by atoms with Crippen molar-refractivity contribution < 1.29 is 34.0 Å². The maximum atomic E-state index is 15.0. The van der Waals surface area contributed by atoms with E-state index < -0.39 is 18.2 Å². The monoisotopic (exact) mass is 918 g/mol. The molecule has 67 heavy (non-hydrogen) atoms. The molecule has 3 aliphatic rings. The summed E-state index contributed by atoms with van der Waals surface area (Å²) in [7, 11) is 5.30. The van der Waals surface area contributed by atoms with Crippen LogP contribution in [0.5, 0.6) is 11.5 Å². The molecule has 2 unspecified atom stereocenters. The summed E-state index contributed by atoms with van der Waals surface area (Å²) in [5.41, 5.74) is 4.71. The molecule has 3 aromatic heterocycles. The smallest absolute Gasteiger partial charge is 0.249 e. The second kappa shape index (κ2) is 22.1. The molecule has 6 N–H and O–H groups in total. The Bertz CT molecular complexity index is 2450. The number of ether oxygens (including phenoxy) is 4. The Morgan fingerprint density at radius 1 is 0.821 bits per heavy atom. The summed E-state index contributed by atoms with van der Waals surface area (Å²) in [5.74, 6) is 3.68. The van der Waals surface area contributed by atoms with Gasteiger partial charge in [-0.3, -0.25) is 14.8 Å². The van der Waals surface area contributed by atoms with Crippen LogP contribution in [0.3, 0.4) is 0 Å². The molecule has 8 rings (SSSR count). The first-order valence-corrected chi connectivity index (χ1v) is 23.0. The number of aromatic nitrogens is 6. The Labute approximate surface area is 391 Å². The van der Waals surface area contributed by atoms with Crippen molar-refractivity contribution in [3.05, 3.63) is 72.2 Å². The SMILES string of the molecule is CNCC(O)COc1cccc(-c2nc(N[C@@H]3CCOC3)c(C)c(N3CCC[C@@H]3C(=O)N(C)c3cc(OCC(O)CNC)cc(-c4nc(N[C@@H]5CCOC5)c(C)c(-c5cnccn5)n4)c3)n2)c1. The highest BCUT2D eigenvalue weighted by Gasteiger charge is 2.36. The summed E-state index contributed by atoms with van der Waals surface area (Å²) in [4.78, 5) is 47.9. The van der Waals surface area contributed by atoms with Crippen LogP contribution in [0.4, 0.5) is 23.1 Å². The number of nitrogens with one attached hydrogen (secondary N) is 4. The van der Waals surface area contributed by atoms with Crippen LogP contribution in [0.1, 0.15) is 36.8 Å². The largest absolute Gasteiger partial charge is 0.491 e. The Balaban J connectivity index is 1.14. The van der Waals surface area contributed by atoms with Crippen LogP contribution in [0.2, 0.25) is 0 Å². The zero-order valence-corrected chi connectivity index (χ0v) is 38.9. The van der Waals surface area contributed by atoms with Gasteiger partial charge in [-0.2, -0.15) is 0 Å². The molecule has 6 heterocycles. The van der Waals surface area contributed by atoms with Crippen molar-refractivity contribution in [2.75, 3.05) is 101 Å². The Kier molecular flexibility index (Phi) is 15.7. The predicted molar refractivity (Wildman–Crippen MR) is 256 cm³/mol. The highest BCUT2D eigenvalue weighted by molar-refractivity contribution is 5.99. The van der Waals surface area contributed by atoms with Crippen LogP contribution in [-0.2, 0) is 14.3 Å². The number of amides is 1. The molecule has 0 radical (unpaired) electrons. The summed E-state index contributed by atoms with van der Waals surface area (Å²) < 4.78 is 23.6. The van der Waals surface area contributed by atoms with Crippen molar-refractivity contribution in [3.8, 4) is 45.7 Å². The van der Waals surface area contributed by atoms with Crippen molar-refractivity contribution in [1.29, 1.82) is 0 Å². The fourth-order valence-electron chi connectivity index (χ4n) is 8.51. The lowest BCUT2D eigenvalue weighted by Crippen LogP contribution is -2.45. The van der Waals surface area contributed by atoms with E-state index in [9.17, 15) is 10.2 Å².